The van der Waals surface area contributed by atoms with E-state index in [1.165, 1.54) is 23.9 Å². The van der Waals surface area contributed by atoms with Crippen LogP contribution in [0.15, 0.2) is 18.2 Å². The maximum Gasteiger partial charge on any atom is 0.551 e. The van der Waals surface area contributed by atoms with Crippen LogP contribution in [-0.4, -0.2) is 54.5 Å². The van der Waals surface area contributed by atoms with Crippen molar-refractivity contribution in [2.75, 3.05) is 13.2 Å². The third-order valence-electron chi connectivity index (χ3n) is 4.48. The highest BCUT2D eigenvalue weighted by Gasteiger charge is 2.39. The highest BCUT2D eigenvalue weighted by molar-refractivity contribution is 8.01. The molecule has 2 N–H and O–H groups in total. The molecule has 1 heterocycles. The van der Waals surface area contributed by atoms with Crippen molar-refractivity contribution < 1.29 is 23.7 Å². The first-order valence-corrected chi connectivity index (χ1v) is 11.8. The van der Waals surface area contributed by atoms with Crippen LogP contribution >= 0.6 is 35.0 Å². The molecule has 31 heavy (non-hydrogen) atoms. The summed E-state index contributed by atoms with van der Waals surface area (Å²) in [4.78, 5) is 37.2. The van der Waals surface area contributed by atoms with Crippen LogP contribution < -0.4 is 10.6 Å². The summed E-state index contributed by atoms with van der Waals surface area (Å²) in [7, 11) is -0.900. The van der Waals surface area contributed by atoms with Gasteiger partial charge in [-0.15, -0.1) is 11.8 Å². The second kappa shape index (κ2) is 12.0. The maximum atomic E-state index is 12.5. The highest BCUT2D eigenvalue weighted by atomic mass is 35.5. The maximum absolute atomic E-state index is 12.5. The van der Waals surface area contributed by atoms with Gasteiger partial charge in [-0.25, -0.2) is 0 Å². The molecule has 1 aliphatic heterocycles. The minimum Gasteiger partial charge on any atom is -0.507 e. The van der Waals surface area contributed by atoms with Crippen molar-refractivity contribution in [1.82, 2.24) is 10.6 Å². The molecule has 0 spiro atoms. The van der Waals surface area contributed by atoms with Gasteiger partial charge in [-0.05, 0) is 37.5 Å². The Bertz CT molecular complexity index is 814. The summed E-state index contributed by atoms with van der Waals surface area (Å²) in [5.74, 6) is -1.67. The number of carbonyl (C=O) groups is 3. The lowest BCUT2D eigenvalue weighted by Gasteiger charge is -2.30. The Hall–Kier alpha value is -1.42. The minimum atomic E-state index is -0.900. The fourth-order valence-electron chi connectivity index (χ4n) is 3.05. The molecule has 7 nitrogen and oxygen atoms in total. The molecule has 0 unspecified atom stereocenters. The topological polar surface area (TPSA) is 93.7 Å². The van der Waals surface area contributed by atoms with Crippen LogP contribution in [0.3, 0.4) is 0 Å². The molecular weight excluding hydrogens is 462 g/mol. The van der Waals surface area contributed by atoms with E-state index in [9.17, 15) is 14.4 Å². The van der Waals surface area contributed by atoms with E-state index in [4.69, 9.17) is 32.5 Å². The molecule has 0 radical (unpaired) electrons. The van der Waals surface area contributed by atoms with Gasteiger partial charge >= 0.3 is 13.1 Å². The van der Waals surface area contributed by atoms with Crippen LogP contribution in [0, 0.1) is 5.92 Å². The van der Waals surface area contributed by atoms with E-state index >= 15 is 0 Å². The Morgan fingerprint density at radius 3 is 2.68 bits per heavy atom. The molecule has 0 saturated carbocycles. The molecule has 170 valence electrons. The number of hydrogen-bond donors (Lipinski definition) is 2. The summed E-state index contributed by atoms with van der Waals surface area (Å²) in [6.45, 7) is 7.87. The third-order valence-corrected chi connectivity index (χ3v) is 6.24. The zero-order valence-electron chi connectivity index (χ0n) is 17.9. The van der Waals surface area contributed by atoms with Crippen LogP contribution in [0.25, 0.3) is 0 Å². The average Bonchev–Trinajstić information content (AvgIpc) is 2.69. The smallest absolute Gasteiger partial charge is 0.507 e. The van der Waals surface area contributed by atoms with Crippen molar-refractivity contribution in [3.8, 4) is 0 Å². The van der Waals surface area contributed by atoms with Gasteiger partial charge in [-0.2, -0.15) is 0 Å². The van der Waals surface area contributed by atoms with Gasteiger partial charge < -0.3 is 19.9 Å². The molecule has 1 fully saturated rings. The van der Waals surface area contributed by atoms with E-state index in [-0.39, 0.29) is 39.5 Å². The molecule has 1 aromatic carbocycles. The molecule has 0 aliphatic carbocycles. The number of halogens is 2. The Balaban J connectivity index is 2.02. The lowest BCUT2D eigenvalue weighted by molar-refractivity contribution is -0.135. The van der Waals surface area contributed by atoms with Crippen LogP contribution in [-0.2, 0) is 18.9 Å². The zero-order valence-corrected chi connectivity index (χ0v) is 20.3. The Morgan fingerprint density at radius 2 is 2.00 bits per heavy atom. The SMILES string of the molecule is CC(C)C[C@H](NC(=O)CNC(=O)c1cc(Cl)ccc1Cl)B1OC[C@H](C)S[C@@H](C)C(=O)O1. The van der Waals surface area contributed by atoms with Gasteiger partial charge in [-0.3, -0.25) is 14.4 Å². The monoisotopic (exact) mass is 488 g/mol. The van der Waals surface area contributed by atoms with Gasteiger partial charge in [0.25, 0.3) is 5.91 Å². The predicted octanol–water partition coefficient (Wildman–Crippen LogP) is 3.37. The predicted molar refractivity (Wildman–Crippen MR) is 124 cm³/mol. The van der Waals surface area contributed by atoms with Gasteiger partial charge in [0, 0.05) is 16.9 Å². The number of amides is 2. The van der Waals surface area contributed by atoms with Gasteiger partial charge in [-0.1, -0.05) is 44.0 Å². The number of thioether (sulfide) groups is 1. The molecule has 11 heteroatoms. The van der Waals surface area contributed by atoms with E-state index in [0.29, 0.717) is 18.1 Å². The van der Waals surface area contributed by atoms with Crippen LogP contribution in [0.2, 0.25) is 10.0 Å². The van der Waals surface area contributed by atoms with E-state index in [1.54, 1.807) is 13.0 Å². The number of benzene rings is 1. The molecule has 1 saturated heterocycles. The van der Waals surface area contributed by atoms with E-state index in [2.05, 4.69) is 10.6 Å². The van der Waals surface area contributed by atoms with E-state index in [1.807, 2.05) is 20.8 Å². The molecule has 2 amide bonds. The first-order valence-electron chi connectivity index (χ1n) is 10.1. The normalized spacial score (nSPS) is 20.5. The second-order valence-electron chi connectivity index (χ2n) is 7.84. The van der Waals surface area contributed by atoms with Crippen molar-refractivity contribution in [2.24, 2.45) is 5.92 Å². The number of rotatable bonds is 7. The number of hydrogen-bond acceptors (Lipinski definition) is 6. The summed E-state index contributed by atoms with van der Waals surface area (Å²) in [6, 6.07) is 4.51. The fourth-order valence-corrected chi connectivity index (χ4v) is 4.44. The minimum absolute atomic E-state index is 0.113. The summed E-state index contributed by atoms with van der Waals surface area (Å²) in [5, 5.41) is 5.74. The van der Waals surface area contributed by atoms with Crippen molar-refractivity contribution in [3.63, 3.8) is 0 Å². The van der Waals surface area contributed by atoms with Gasteiger partial charge in [0.2, 0.25) is 5.91 Å². The fraction of sp³-hybridized carbons (Fsp3) is 0.550. The largest absolute Gasteiger partial charge is 0.551 e. The van der Waals surface area contributed by atoms with Crippen LogP contribution in [0.5, 0.6) is 0 Å². The standard InChI is InChI=1S/C20H27BCl2N2O5S/c1-11(2)7-17(21-29-10-12(3)31-13(4)20(28)30-21)25-18(26)9-24-19(27)15-8-14(22)5-6-16(15)23/h5-6,8,11-13,17H,7,9-10H2,1-4H3,(H,24,27)(H,25,26)/t12-,13-,17-/m0/s1. The molecule has 2 rings (SSSR count). The molecule has 0 bridgehead atoms. The Morgan fingerprint density at radius 1 is 1.29 bits per heavy atom. The van der Waals surface area contributed by atoms with Gasteiger partial charge in [0.1, 0.15) is 0 Å². The molecular formula is C20H27BCl2N2O5S. The van der Waals surface area contributed by atoms with Crippen LogP contribution in [0.1, 0.15) is 44.5 Å². The van der Waals surface area contributed by atoms with Crippen molar-refractivity contribution in [1.29, 1.82) is 0 Å². The Kier molecular flexibility index (Phi) is 10.00. The van der Waals surface area contributed by atoms with Crippen LogP contribution in [0.4, 0.5) is 0 Å². The summed E-state index contributed by atoms with van der Waals surface area (Å²) < 4.78 is 11.3. The lowest BCUT2D eigenvalue weighted by atomic mass is 9.73. The molecule has 1 aromatic rings. The first kappa shape index (κ1) is 25.8. The molecule has 0 aromatic heterocycles. The number of nitrogens with one attached hydrogen (secondary N) is 2. The summed E-state index contributed by atoms with van der Waals surface area (Å²) in [6.07, 6.45) is 0.535. The number of carbonyl (C=O) groups excluding carboxylic acids is 3. The van der Waals surface area contributed by atoms with Gasteiger partial charge in [0.05, 0.1) is 28.3 Å². The third kappa shape index (κ3) is 8.22. The first-order chi connectivity index (χ1) is 14.6. The molecule has 3 atom stereocenters. The lowest BCUT2D eigenvalue weighted by Crippen LogP contribution is -2.54. The van der Waals surface area contributed by atoms with Crippen molar-refractivity contribution in [2.45, 2.75) is 50.6 Å². The Labute approximate surface area is 197 Å². The molecule has 1 aliphatic rings. The van der Waals surface area contributed by atoms with E-state index in [0.717, 1.165) is 0 Å². The van der Waals surface area contributed by atoms with E-state index < -0.39 is 24.9 Å². The quantitative estimate of drug-likeness (QED) is 0.571. The van der Waals surface area contributed by atoms with Gasteiger partial charge in [0.15, 0.2) is 0 Å². The second-order valence-corrected chi connectivity index (χ2v) is 10.5. The summed E-state index contributed by atoms with van der Waals surface area (Å²) >= 11 is 13.4. The summed E-state index contributed by atoms with van der Waals surface area (Å²) in [5.41, 5.74) is 0.179. The van der Waals surface area contributed by atoms with Crippen molar-refractivity contribution in [3.05, 3.63) is 33.8 Å². The average molecular weight is 489 g/mol. The zero-order chi connectivity index (χ0) is 23.1. The van der Waals surface area contributed by atoms with Crippen molar-refractivity contribution >= 4 is 59.9 Å². The highest BCUT2D eigenvalue weighted by Crippen LogP contribution is 2.24.